The van der Waals surface area contributed by atoms with E-state index < -0.39 is 77.3 Å². The number of ether oxygens (including phenoxy) is 3. The molecule has 7 unspecified atom stereocenters. The van der Waals surface area contributed by atoms with Crippen molar-refractivity contribution in [1.29, 1.82) is 0 Å². The largest absolute Gasteiger partial charge is 0.508 e. The number of fused-ring (bicyclic) bond motifs is 3. The Hall–Kier alpha value is -7.43. The van der Waals surface area contributed by atoms with Crippen LogP contribution in [0.15, 0.2) is 127 Å². The highest BCUT2D eigenvalue weighted by Crippen LogP contribution is 2.65. The number of carbonyl (C=O) groups is 5. The lowest BCUT2D eigenvalue weighted by atomic mass is 9.65. The Morgan fingerprint density at radius 3 is 2.00 bits per heavy atom. The third-order valence-electron chi connectivity index (χ3n) is 12.0. The van der Waals surface area contributed by atoms with Crippen LogP contribution in [0.5, 0.6) is 11.5 Å². The first-order valence-corrected chi connectivity index (χ1v) is 20.1. The number of methoxy groups -OCH3 is 2. The molecule has 13 heteroatoms. The number of aromatic hydroxyl groups is 1. The van der Waals surface area contributed by atoms with Gasteiger partial charge in [-0.3, -0.25) is 19.3 Å². The number of amides is 4. The highest BCUT2D eigenvalue weighted by Gasteiger charge is 2.75. The Bertz CT molecular complexity index is 2610. The quantitative estimate of drug-likeness (QED) is 0.127. The number of benzene rings is 5. The molecule has 8 rings (SSSR count). The van der Waals surface area contributed by atoms with Crippen LogP contribution in [0.3, 0.4) is 0 Å². The first-order valence-electron chi connectivity index (χ1n) is 20.1. The van der Waals surface area contributed by atoms with Crippen LogP contribution < -0.4 is 20.7 Å². The molecule has 0 aliphatic carbocycles. The molecule has 4 N–H and O–H groups in total. The fraction of sp³-hybridized carbons (Fsp3) is 0.245. The van der Waals surface area contributed by atoms with Crippen LogP contribution in [0.1, 0.15) is 65.4 Å². The van der Waals surface area contributed by atoms with Crippen LogP contribution in [0.25, 0.3) is 0 Å². The van der Waals surface area contributed by atoms with Gasteiger partial charge in [0, 0.05) is 11.1 Å². The second kappa shape index (κ2) is 16.6. The van der Waals surface area contributed by atoms with Gasteiger partial charge in [0.15, 0.2) is 0 Å². The van der Waals surface area contributed by atoms with Crippen molar-refractivity contribution in [2.24, 2.45) is 17.6 Å². The molecule has 2 saturated heterocycles. The first-order chi connectivity index (χ1) is 29.9. The minimum absolute atomic E-state index is 0.0681. The molecule has 0 saturated carbocycles. The fourth-order valence-electron chi connectivity index (χ4n) is 9.31. The number of morpholine rings is 1. The van der Waals surface area contributed by atoms with E-state index in [0.717, 1.165) is 4.90 Å². The van der Waals surface area contributed by atoms with Crippen molar-refractivity contribution in [1.82, 2.24) is 10.2 Å². The number of hydrogen-bond acceptors (Lipinski definition) is 10. The number of esters is 2. The van der Waals surface area contributed by atoms with Crippen molar-refractivity contribution in [3.05, 3.63) is 161 Å². The van der Waals surface area contributed by atoms with Gasteiger partial charge in [-0.2, -0.15) is 0 Å². The molecule has 4 amide bonds. The van der Waals surface area contributed by atoms with E-state index in [9.17, 15) is 24.3 Å². The maximum atomic E-state index is 16.0. The number of anilines is 1. The topological polar surface area (TPSA) is 178 Å². The van der Waals surface area contributed by atoms with E-state index in [1.807, 2.05) is 65.6 Å². The van der Waals surface area contributed by atoms with Gasteiger partial charge in [-0.25, -0.2) is 14.5 Å². The Morgan fingerprint density at radius 1 is 0.790 bits per heavy atom. The normalized spacial score (nSPS) is 23.1. The van der Waals surface area contributed by atoms with E-state index in [0.29, 0.717) is 33.6 Å². The average molecular weight is 833 g/mol. The maximum Gasteiger partial charge on any atom is 0.329 e. The number of primary amides is 1. The molecule has 2 fully saturated rings. The van der Waals surface area contributed by atoms with E-state index >= 15 is 4.79 Å². The summed E-state index contributed by atoms with van der Waals surface area (Å²) >= 11 is 0. The van der Waals surface area contributed by atoms with E-state index in [2.05, 4.69) is 17.2 Å². The van der Waals surface area contributed by atoms with Crippen molar-refractivity contribution >= 4 is 35.5 Å². The van der Waals surface area contributed by atoms with Gasteiger partial charge in [0.2, 0.25) is 11.8 Å². The number of hydrogen-bond donors (Lipinski definition) is 3. The zero-order valence-electron chi connectivity index (χ0n) is 34.4. The van der Waals surface area contributed by atoms with Gasteiger partial charge in [0.05, 0.1) is 37.9 Å². The fourth-order valence-corrected chi connectivity index (χ4v) is 9.31. The average Bonchev–Trinajstić information content (AvgIpc) is 3.74. The number of urea groups is 1. The molecule has 1 spiro atoms. The Balaban J connectivity index is 1.42. The lowest BCUT2D eigenvalue weighted by molar-refractivity contribution is -0.178. The zero-order chi connectivity index (χ0) is 43.9. The second-order valence-electron chi connectivity index (χ2n) is 15.8. The van der Waals surface area contributed by atoms with Gasteiger partial charge >= 0.3 is 18.0 Å². The molecule has 3 heterocycles. The van der Waals surface area contributed by atoms with E-state index in [4.69, 9.17) is 19.9 Å². The first kappa shape index (κ1) is 41.3. The summed E-state index contributed by atoms with van der Waals surface area (Å²) in [4.78, 5) is 75.8. The monoisotopic (exact) mass is 832 g/mol. The van der Waals surface area contributed by atoms with Gasteiger partial charge in [-0.05, 0) is 82.8 Å². The summed E-state index contributed by atoms with van der Waals surface area (Å²) in [6, 6.07) is 31.0. The van der Waals surface area contributed by atoms with Crippen molar-refractivity contribution in [2.75, 3.05) is 19.1 Å². The summed E-state index contributed by atoms with van der Waals surface area (Å²) in [5, 5.41) is 13.3. The smallest absolute Gasteiger partial charge is 0.329 e. The molecular formula is C49H44N4O9. The highest BCUT2D eigenvalue weighted by molar-refractivity contribution is 6.25. The van der Waals surface area contributed by atoms with E-state index in [1.54, 1.807) is 75.6 Å². The Morgan fingerprint density at radius 2 is 1.40 bits per heavy atom. The molecule has 3 aliphatic heterocycles. The molecule has 0 radical (unpaired) electrons. The number of imide groups is 1. The summed E-state index contributed by atoms with van der Waals surface area (Å²) in [7, 11) is 2.76. The third-order valence-corrected chi connectivity index (χ3v) is 12.0. The summed E-state index contributed by atoms with van der Waals surface area (Å²) in [6.45, 7) is 3.43. The predicted octanol–water partition coefficient (Wildman–Crippen LogP) is 5.86. The maximum absolute atomic E-state index is 16.0. The van der Waals surface area contributed by atoms with Crippen LogP contribution in [-0.4, -0.2) is 66.1 Å². The van der Waals surface area contributed by atoms with Crippen LogP contribution in [0.4, 0.5) is 10.5 Å². The van der Waals surface area contributed by atoms with Crippen LogP contribution >= 0.6 is 0 Å². The molecule has 5 aromatic carbocycles. The van der Waals surface area contributed by atoms with Crippen LogP contribution in [-0.2, 0) is 34.1 Å². The van der Waals surface area contributed by atoms with E-state index in [-0.39, 0.29) is 17.0 Å². The zero-order valence-corrected chi connectivity index (χ0v) is 34.4. The molecule has 0 bridgehead atoms. The molecule has 314 valence electrons. The lowest BCUT2D eigenvalue weighted by Gasteiger charge is -2.46. The molecule has 7 atom stereocenters. The van der Waals surface area contributed by atoms with Gasteiger partial charge < -0.3 is 30.4 Å². The summed E-state index contributed by atoms with van der Waals surface area (Å²) in [5.41, 5.74) is 7.52. The van der Waals surface area contributed by atoms with Crippen molar-refractivity contribution in [3.8, 4) is 23.3 Å². The van der Waals surface area contributed by atoms with Crippen molar-refractivity contribution < 1.29 is 43.3 Å². The third kappa shape index (κ3) is 6.88. The molecule has 5 aromatic rings. The van der Waals surface area contributed by atoms with Crippen LogP contribution in [0.2, 0.25) is 0 Å². The van der Waals surface area contributed by atoms with Gasteiger partial charge in [-0.15, -0.1) is 0 Å². The van der Waals surface area contributed by atoms with E-state index in [1.165, 1.54) is 19.2 Å². The standard InChI is InChI=1S/C49H44N4O9/c1-28(2)39(45(56)61-4)51-48(59)52-37-26-19-30(16-15-29-17-24-35(60-3)25-18-29)27-36(37)49(47(52)58)38(44(50)55)41-46(57)62-42(32-13-9-6-10-14-32)40(31-11-7-5-8-12-31)53(41)43(49)33-20-22-34(54)23-21-33/h5-14,17-28,38-43,54H,1-4H3,(H2,50,55)(H,51,59). The van der Waals surface area contributed by atoms with Gasteiger partial charge in [-0.1, -0.05) is 98.5 Å². The second-order valence-corrected chi connectivity index (χ2v) is 15.8. The molecule has 13 nitrogen and oxygen atoms in total. The molecule has 0 aromatic heterocycles. The summed E-state index contributed by atoms with van der Waals surface area (Å²) < 4.78 is 16.7. The van der Waals surface area contributed by atoms with Crippen molar-refractivity contribution in [2.45, 2.75) is 49.5 Å². The highest BCUT2D eigenvalue weighted by atomic mass is 16.6. The van der Waals surface area contributed by atoms with Gasteiger partial charge in [0.25, 0.3) is 0 Å². The minimum atomic E-state index is -2.10. The number of nitrogens with two attached hydrogens (primary N) is 1. The minimum Gasteiger partial charge on any atom is -0.508 e. The molecule has 3 aliphatic rings. The predicted molar refractivity (Wildman–Crippen MR) is 227 cm³/mol. The number of rotatable bonds is 8. The van der Waals surface area contributed by atoms with Crippen LogP contribution in [0, 0.1) is 23.7 Å². The lowest BCUT2D eigenvalue weighted by Crippen LogP contribution is -2.57. The van der Waals surface area contributed by atoms with Crippen molar-refractivity contribution in [3.63, 3.8) is 0 Å². The number of nitrogens with one attached hydrogen (secondary N) is 1. The summed E-state index contributed by atoms with van der Waals surface area (Å²) in [5.74, 6) is 1.42. The molecular weight excluding hydrogens is 789 g/mol. The van der Waals surface area contributed by atoms with Gasteiger partial charge in [0.1, 0.15) is 35.1 Å². The molecule has 62 heavy (non-hydrogen) atoms. The number of phenols is 1. The summed E-state index contributed by atoms with van der Waals surface area (Å²) in [6.07, 6.45) is -0.936. The number of cyclic esters (lactones) is 1. The Kier molecular flexibility index (Phi) is 11.0. The number of phenolic OH excluding ortho intramolecular Hbond substituents is 1. The SMILES string of the molecule is COC(=O)C(NC(=O)N1C(=O)C2(c3cc(C#Cc4ccc(OC)cc4)ccc31)C(C(N)=O)C1C(=O)OC(c3ccccc3)C(c3ccccc3)N1C2c1ccc(O)cc1)C(C)C. The number of nitrogens with zero attached hydrogens (tertiary/aromatic N) is 2. The number of carbonyl (C=O) groups excluding carboxylic acids is 5. The Labute approximate surface area is 358 Å².